The molecule has 0 aliphatic carbocycles. The molecular weight excluding hydrogens is 300 g/mol. The fraction of sp³-hybridized carbons (Fsp3) is 0.190. The van der Waals surface area contributed by atoms with Crippen LogP contribution in [0.5, 0.6) is 5.75 Å². The molecule has 0 heterocycles. The van der Waals surface area contributed by atoms with Gasteiger partial charge in [0.25, 0.3) is 0 Å². The molecule has 0 aliphatic heterocycles. The van der Waals surface area contributed by atoms with E-state index < -0.39 is 12.1 Å². The average molecular weight is 320 g/mol. The molecule has 0 aliphatic rings. The van der Waals surface area contributed by atoms with E-state index in [4.69, 9.17) is 4.74 Å². The van der Waals surface area contributed by atoms with E-state index in [9.17, 15) is 9.90 Å². The Bertz CT molecular complexity index is 883. The van der Waals surface area contributed by atoms with Crippen LogP contribution in [0.25, 0.3) is 10.8 Å². The zero-order valence-corrected chi connectivity index (χ0v) is 13.8. The van der Waals surface area contributed by atoms with E-state index in [2.05, 4.69) is 0 Å². The zero-order chi connectivity index (χ0) is 17.1. The van der Waals surface area contributed by atoms with Crippen molar-refractivity contribution < 1.29 is 14.6 Å². The second kappa shape index (κ2) is 6.75. The van der Waals surface area contributed by atoms with Crippen LogP contribution < -0.4 is 4.74 Å². The number of hydrogen-bond acceptors (Lipinski definition) is 2. The summed E-state index contributed by atoms with van der Waals surface area (Å²) in [5, 5.41) is 11.7. The first kappa shape index (κ1) is 16.1. The van der Waals surface area contributed by atoms with Gasteiger partial charge < -0.3 is 9.84 Å². The van der Waals surface area contributed by atoms with Crippen LogP contribution in [-0.4, -0.2) is 17.2 Å². The van der Waals surface area contributed by atoms with Gasteiger partial charge in [0, 0.05) is 6.42 Å². The van der Waals surface area contributed by atoms with Crippen LogP contribution in [-0.2, 0) is 11.2 Å². The third-order valence-corrected chi connectivity index (χ3v) is 4.40. The number of carboxylic acids is 1. The van der Waals surface area contributed by atoms with Crippen LogP contribution in [0, 0.1) is 13.8 Å². The molecule has 0 radical (unpaired) electrons. The van der Waals surface area contributed by atoms with Crippen LogP contribution in [0.3, 0.4) is 0 Å². The van der Waals surface area contributed by atoms with Crippen molar-refractivity contribution in [1.29, 1.82) is 0 Å². The summed E-state index contributed by atoms with van der Waals surface area (Å²) in [5.74, 6) is -0.379. The molecule has 0 bridgehead atoms. The predicted molar refractivity (Wildman–Crippen MR) is 95.6 cm³/mol. The minimum Gasteiger partial charge on any atom is -0.478 e. The Morgan fingerprint density at radius 3 is 2.50 bits per heavy atom. The summed E-state index contributed by atoms with van der Waals surface area (Å²) in [4.78, 5) is 11.6. The lowest BCUT2D eigenvalue weighted by Crippen LogP contribution is -2.29. The van der Waals surface area contributed by atoms with Crippen molar-refractivity contribution in [2.75, 3.05) is 0 Å². The van der Waals surface area contributed by atoms with Gasteiger partial charge in [0.2, 0.25) is 0 Å². The Morgan fingerprint density at radius 2 is 1.75 bits per heavy atom. The van der Waals surface area contributed by atoms with Gasteiger partial charge in [-0.1, -0.05) is 48.5 Å². The maximum absolute atomic E-state index is 11.6. The van der Waals surface area contributed by atoms with E-state index in [1.807, 2.05) is 74.5 Å². The highest BCUT2D eigenvalue weighted by molar-refractivity contribution is 5.84. The lowest BCUT2D eigenvalue weighted by atomic mass is 9.98. The molecule has 0 fully saturated rings. The fourth-order valence-corrected chi connectivity index (χ4v) is 2.82. The second-order valence-electron chi connectivity index (χ2n) is 6.02. The van der Waals surface area contributed by atoms with Gasteiger partial charge in [0.15, 0.2) is 6.10 Å². The van der Waals surface area contributed by atoms with E-state index in [1.165, 1.54) is 0 Å². The minimum absolute atomic E-state index is 0.343. The summed E-state index contributed by atoms with van der Waals surface area (Å²) in [6.45, 7) is 4.04. The van der Waals surface area contributed by atoms with Gasteiger partial charge in [-0.2, -0.15) is 0 Å². The Hall–Kier alpha value is -2.81. The highest BCUT2D eigenvalue weighted by Crippen LogP contribution is 2.23. The number of benzene rings is 3. The lowest BCUT2D eigenvalue weighted by Gasteiger charge is -2.17. The summed E-state index contributed by atoms with van der Waals surface area (Å²) in [5.41, 5.74) is 3.27. The van der Waals surface area contributed by atoms with E-state index in [0.29, 0.717) is 12.2 Å². The number of aliphatic carboxylic acids is 1. The highest BCUT2D eigenvalue weighted by Gasteiger charge is 2.21. The molecule has 3 heteroatoms. The van der Waals surface area contributed by atoms with Gasteiger partial charge >= 0.3 is 5.97 Å². The zero-order valence-electron chi connectivity index (χ0n) is 13.8. The largest absolute Gasteiger partial charge is 0.478 e. The minimum atomic E-state index is -0.955. The molecule has 0 aromatic heterocycles. The van der Waals surface area contributed by atoms with Crippen molar-refractivity contribution in [3.63, 3.8) is 0 Å². The Morgan fingerprint density at radius 1 is 1.00 bits per heavy atom. The van der Waals surface area contributed by atoms with Gasteiger partial charge in [0.05, 0.1) is 0 Å². The first-order chi connectivity index (χ1) is 11.5. The van der Waals surface area contributed by atoms with Crippen molar-refractivity contribution >= 4 is 16.7 Å². The van der Waals surface area contributed by atoms with Crippen LogP contribution in [0.1, 0.15) is 16.7 Å². The van der Waals surface area contributed by atoms with Crippen molar-refractivity contribution in [1.82, 2.24) is 0 Å². The van der Waals surface area contributed by atoms with Gasteiger partial charge in [-0.25, -0.2) is 4.79 Å². The summed E-state index contributed by atoms with van der Waals surface area (Å²) in [6.07, 6.45) is -0.568. The number of ether oxygens (including phenoxy) is 1. The lowest BCUT2D eigenvalue weighted by molar-refractivity contribution is -0.145. The fourth-order valence-electron chi connectivity index (χ4n) is 2.82. The van der Waals surface area contributed by atoms with Crippen LogP contribution in [0.4, 0.5) is 0 Å². The average Bonchev–Trinajstić information content (AvgIpc) is 2.58. The van der Waals surface area contributed by atoms with E-state index in [-0.39, 0.29) is 0 Å². The van der Waals surface area contributed by atoms with Crippen LogP contribution in [0.2, 0.25) is 0 Å². The third-order valence-electron chi connectivity index (χ3n) is 4.40. The van der Waals surface area contributed by atoms with E-state index >= 15 is 0 Å². The molecule has 0 spiro atoms. The molecule has 0 saturated carbocycles. The van der Waals surface area contributed by atoms with Gasteiger partial charge in [-0.05, 0) is 53.4 Å². The smallest absolute Gasteiger partial charge is 0.345 e. The molecule has 1 atom stereocenters. The molecule has 24 heavy (non-hydrogen) atoms. The predicted octanol–water partition coefficient (Wildman–Crippen LogP) is 4.53. The molecule has 3 aromatic carbocycles. The molecule has 3 rings (SSSR count). The summed E-state index contributed by atoms with van der Waals surface area (Å²) in [7, 11) is 0. The number of rotatable bonds is 5. The van der Waals surface area contributed by atoms with Crippen molar-refractivity contribution in [2.45, 2.75) is 26.4 Å². The van der Waals surface area contributed by atoms with Crippen molar-refractivity contribution in [3.05, 3.63) is 77.4 Å². The molecule has 122 valence electrons. The SMILES string of the molecule is Cc1cccc(C[C@@H](Oc2ccc3ccccc3c2)C(=O)O)c1C. The Balaban J connectivity index is 1.85. The normalized spacial score (nSPS) is 12.1. The number of carboxylic acid groups (broad SMARTS) is 1. The van der Waals surface area contributed by atoms with Crippen LogP contribution in [0.15, 0.2) is 60.7 Å². The van der Waals surface area contributed by atoms with E-state index in [0.717, 1.165) is 27.5 Å². The number of hydrogen-bond donors (Lipinski definition) is 1. The second-order valence-corrected chi connectivity index (χ2v) is 6.02. The molecule has 0 amide bonds. The third kappa shape index (κ3) is 3.40. The van der Waals surface area contributed by atoms with Crippen LogP contribution >= 0.6 is 0 Å². The molecule has 1 N–H and O–H groups in total. The summed E-state index contributed by atoms with van der Waals surface area (Å²) in [6, 6.07) is 19.5. The standard InChI is InChI=1S/C21H20O3/c1-14-6-5-9-17(15(14)2)13-20(21(22)23)24-19-11-10-16-7-3-4-8-18(16)12-19/h3-12,20H,13H2,1-2H3,(H,22,23)/t20-/m1/s1. The van der Waals surface area contributed by atoms with E-state index in [1.54, 1.807) is 0 Å². The molecule has 0 unspecified atom stereocenters. The quantitative estimate of drug-likeness (QED) is 0.751. The van der Waals surface area contributed by atoms with Crippen molar-refractivity contribution in [3.8, 4) is 5.75 Å². The highest BCUT2D eigenvalue weighted by atomic mass is 16.5. The summed E-state index contributed by atoms with van der Waals surface area (Å²) < 4.78 is 5.78. The Kier molecular flexibility index (Phi) is 4.52. The molecular formula is C21H20O3. The first-order valence-electron chi connectivity index (χ1n) is 7.98. The molecule has 0 saturated heterocycles. The monoisotopic (exact) mass is 320 g/mol. The van der Waals surface area contributed by atoms with Crippen molar-refractivity contribution in [2.24, 2.45) is 0 Å². The number of fused-ring (bicyclic) bond motifs is 1. The Labute approximate surface area is 141 Å². The van der Waals surface area contributed by atoms with Gasteiger partial charge in [-0.15, -0.1) is 0 Å². The first-order valence-corrected chi connectivity index (χ1v) is 7.98. The molecule has 3 nitrogen and oxygen atoms in total. The number of aryl methyl sites for hydroxylation is 1. The van der Waals surface area contributed by atoms with Gasteiger partial charge in [-0.3, -0.25) is 0 Å². The maximum Gasteiger partial charge on any atom is 0.345 e. The maximum atomic E-state index is 11.6. The topological polar surface area (TPSA) is 46.5 Å². The number of carbonyl (C=O) groups is 1. The summed E-state index contributed by atoms with van der Waals surface area (Å²) >= 11 is 0. The van der Waals surface area contributed by atoms with Gasteiger partial charge in [0.1, 0.15) is 5.75 Å². The molecule has 3 aromatic rings.